The van der Waals surface area contributed by atoms with Crippen LogP contribution in [0.4, 0.5) is 0 Å². The molecule has 1 heteroatoms. The minimum atomic E-state index is 1.07. The molecule has 1 aliphatic rings. The molecule has 0 saturated carbocycles. The molecule has 0 radical (unpaired) electrons. The van der Waals surface area contributed by atoms with Crippen LogP contribution in [0, 0.1) is 6.92 Å². The van der Waals surface area contributed by atoms with Crippen LogP contribution in [0.2, 0.25) is 0 Å². The SMILES string of the molecule is Cc1cncc2c1=CC=CC=C=2. The quantitative estimate of drug-likeness (QED) is 0.537. The normalized spacial score (nSPS) is 12.8. The highest BCUT2D eigenvalue weighted by atomic mass is 14.6. The van der Waals surface area contributed by atoms with Crippen LogP contribution in [0.15, 0.2) is 30.6 Å². The molecule has 0 atom stereocenters. The summed E-state index contributed by atoms with van der Waals surface area (Å²) in [5.74, 6) is 0. The second-order valence-electron chi connectivity index (χ2n) is 2.78. The molecule has 0 saturated heterocycles. The lowest BCUT2D eigenvalue weighted by Crippen LogP contribution is -2.26. The molecule has 1 aromatic rings. The lowest BCUT2D eigenvalue weighted by atomic mass is 10.2. The summed E-state index contributed by atoms with van der Waals surface area (Å²) in [5.41, 5.74) is 4.35. The molecule has 0 N–H and O–H groups in total. The van der Waals surface area contributed by atoms with Gasteiger partial charge in [0.25, 0.3) is 0 Å². The molecular formula is C11H9N. The van der Waals surface area contributed by atoms with E-state index in [1.165, 1.54) is 10.8 Å². The van der Waals surface area contributed by atoms with Crippen molar-refractivity contribution in [2.75, 3.05) is 0 Å². The summed E-state index contributed by atoms with van der Waals surface area (Å²) in [5, 5.41) is 2.29. The molecule has 0 unspecified atom stereocenters. The van der Waals surface area contributed by atoms with Crippen molar-refractivity contribution >= 4 is 11.8 Å². The molecule has 58 valence electrons. The van der Waals surface area contributed by atoms with Crippen LogP contribution < -0.4 is 10.4 Å². The Kier molecular flexibility index (Phi) is 1.65. The Balaban J connectivity index is 3.02. The van der Waals surface area contributed by atoms with E-state index in [0.717, 1.165) is 5.22 Å². The fourth-order valence-corrected chi connectivity index (χ4v) is 1.26. The molecule has 1 aliphatic carbocycles. The van der Waals surface area contributed by atoms with Crippen molar-refractivity contribution in [2.24, 2.45) is 0 Å². The first-order valence-corrected chi connectivity index (χ1v) is 3.92. The first-order valence-electron chi connectivity index (χ1n) is 3.92. The van der Waals surface area contributed by atoms with E-state index in [9.17, 15) is 0 Å². The van der Waals surface area contributed by atoms with E-state index in [1.54, 1.807) is 0 Å². The van der Waals surface area contributed by atoms with Crippen molar-refractivity contribution < 1.29 is 0 Å². The van der Waals surface area contributed by atoms with Gasteiger partial charge in [-0.3, -0.25) is 4.98 Å². The number of rotatable bonds is 0. The van der Waals surface area contributed by atoms with Gasteiger partial charge < -0.3 is 0 Å². The van der Waals surface area contributed by atoms with Gasteiger partial charge in [0.2, 0.25) is 0 Å². The number of fused-ring (bicyclic) bond motifs is 1. The average molecular weight is 155 g/mol. The number of nitrogens with zero attached hydrogens (tertiary/aromatic N) is 1. The van der Waals surface area contributed by atoms with E-state index < -0.39 is 0 Å². The highest BCUT2D eigenvalue weighted by Crippen LogP contribution is 1.84. The minimum absolute atomic E-state index is 1.07. The third-order valence-corrected chi connectivity index (χ3v) is 1.90. The zero-order valence-electron chi connectivity index (χ0n) is 6.91. The fraction of sp³-hybridized carbons (Fsp3) is 0.0909. The maximum atomic E-state index is 4.11. The van der Waals surface area contributed by atoms with Gasteiger partial charge in [0.1, 0.15) is 0 Å². The van der Waals surface area contributed by atoms with Crippen molar-refractivity contribution in [3.8, 4) is 0 Å². The average Bonchev–Trinajstić information content (AvgIpc) is 2.30. The highest BCUT2D eigenvalue weighted by Gasteiger charge is 1.89. The lowest BCUT2D eigenvalue weighted by Gasteiger charge is -1.91. The molecule has 1 nitrogen and oxygen atoms in total. The fourth-order valence-electron chi connectivity index (χ4n) is 1.26. The minimum Gasteiger partial charge on any atom is -0.263 e. The number of aromatic nitrogens is 1. The van der Waals surface area contributed by atoms with Gasteiger partial charge in [-0.1, -0.05) is 18.2 Å². The van der Waals surface area contributed by atoms with E-state index in [-0.39, 0.29) is 0 Å². The second-order valence-corrected chi connectivity index (χ2v) is 2.78. The summed E-state index contributed by atoms with van der Waals surface area (Å²) in [7, 11) is 0. The Morgan fingerprint density at radius 1 is 1.25 bits per heavy atom. The van der Waals surface area contributed by atoms with Gasteiger partial charge in [0, 0.05) is 17.6 Å². The molecule has 2 rings (SSSR count). The summed E-state index contributed by atoms with van der Waals surface area (Å²) in [6.07, 6.45) is 11.7. The van der Waals surface area contributed by atoms with Gasteiger partial charge in [0.05, 0.1) is 0 Å². The Labute approximate surface area is 71.1 Å². The number of hydrogen-bond acceptors (Lipinski definition) is 1. The Hall–Kier alpha value is -1.59. The van der Waals surface area contributed by atoms with E-state index in [0.29, 0.717) is 0 Å². The van der Waals surface area contributed by atoms with E-state index >= 15 is 0 Å². The van der Waals surface area contributed by atoms with Crippen LogP contribution >= 0.6 is 0 Å². The van der Waals surface area contributed by atoms with Gasteiger partial charge in [-0.25, -0.2) is 0 Å². The Bertz CT molecular complexity index is 474. The van der Waals surface area contributed by atoms with Crippen LogP contribution in [0.1, 0.15) is 5.56 Å². The predicted octanol–water partition coefficient (Wildman–Crippen LogP) is 0.676. The standard InChI is InChI=1S/C11H9N/c1-9-7-12-8-10-5-3-2-4-6-11(9)10/h2-4,6-8H,1H3. The first kappa shape index (κ1) is 7.08. The van der Waals surface area contributed by atoms with Crippen LogP contribution in [-0.2, 0) is 0 Å². The summed E-state index contributed by atoms with van der Waals surface area (Å²) in [6, 6.07) is 0. The van der Waals surface area contributed by atoms with Crippen molar-refractivity contribution in [3.63, 3.8) is 0 Å². The third-order valence-electron chi connectivity index (χ3n) is 1.90. The number of allylic oxidation sites excluding steroid dienone is 3. The zero-order chi connectivity index (χ0) is 8.39. The van der Waals surface area contributed by atoms with Crippen molar-refractivity contribution in [3.05, 3.63) is 46.6 Å². The number of aryl methyl sites for hydroxylation is 1. The molecule has 0 aliphatic heterocycles. The molecule has 12 heavy (non-hydrogen) atoms. The van der Waals surface area contributed by atoms with Gasteiger partial charge >= 0.3 is 0 Å². The highest BCUT2D eigenvalue weighted by molar-refractivity contribution is 5.45. The van der Waals surface area contributed by atoms with Gasteiger partial charge in [-0.05, 0) is 23.8 Å². The predicted molar refractivity (Wildman–Crippen MR) is 49.8 cm³/mol. The Morgan fingerprint density at radius 3 is 3.08 bits per heavy atom. The summed E-state index contributed by atoms with van der Waals surface area (Å²) < 4.78 is 0. The molecule has 0 spiro atoms. The maximum Gasteiger partial charge on any atom is 0.0424 e. The summed E-state index contributed by atoms with van der Waals surface area (Å²) >= 11 is 0. The topological polar surface area (TPSA) is 12.9 Å². The van der Waals surface area contributed by atoms with E-state index in [4.69, 9.17) is 0 Å². The van der Waals surface area contributed by atoms with Gasteiger partial charge in [0.15, 0.2) is 0 Å². The van der Waals surface area contributed by atoms with Crippen LogP contribution in [-0.4, -0.2) is 4.98 Å². The van der Waals surface area contributed by atoms with Crippen molar-refractivity contribution in [2.45, 2.75) is 6.92 Å². The maximum absolute atomic E-state index is 4.11. The Morgan fingerprint density at radius 2 is 2.17 bits per heavy atom. The largest absolute Gasteiger partial charge is 0.263 e. The molecule has 0 amide bonds. The van der Waals surface area contributed by atoms with Gasteiger partial charge in [-0.2, -0.15) is 0 Å². The molecular weight excluding hydrogens is 146 g/mol. The summed E-state index contributed by atoms with van der Waals surface area (Å²) in [6.45, 7) is 2.06. The molecule has 1 heterocycles. The number of hydrogen-bond donors (Lipinski definition) is 0. The zero-order valence-corrected chi connectivity index (χ0v) is 6.91. The molecule has 0 bridgehead atoms. The van der Waals surface area contributed by atoms with Crippen LogP contribution in [0.3, 0.4) is 0 Å². The van der Waals surface area contributed by atoms with E-state index in [2.05, 4.69) is 23.7 Å². The lowest BCUT2D eigenvalue weighted by molar-refractivity contribution is 1.21. The van der Waals surface area contributed by atoms with Crippen molar-refractivity contribution in [1.82, 2.24) is 4.98 Å². The summed E-state index contributed by atoms with van der Waals surface area (Å²) in [4.78, 5) is 4.11. The monoisotopic (exact) mass is 155 g/mol. The third kappa shape index (κ3) is 1.11. The smallest absolute Gasteiger partial charge is 0.0424 e. The van der Waals surface area contributed by atoms with Crippen LogP contribution in [0.5, 0.6) is 0 Å². The van der Waals surface area contributed by atoms with E-state index in [1.807, 2.05) is 30.6 Å². The van der Waals surface area contributed by atoms with Crippen molar-refractivity contribution in [1.29, 1.82) is 0 Å². The first-order chi connectivity index (χ1) is 5.88. The second kappa shape index (κ2) is 2.80. The molecule has 0 aromatic carbocycles. The molecule has 0 fully saturated rings. The molecule has 1 aromatic heterocycles. The van der Waals surface area contributed by atoms with Crippen LogP contribution in [0.25, 0.3) is 11.8 Å². The number of pyridine rings is 1. The van der Waals surface area contributed by atoms with Gasteiger partial charge in [-0.15, -0.1) is 5.73 Å².